The van der Waals surface area contributed by atoms with Gasteiger partial charge in [0.15, 0.2) is 0 Å². The second-order valence-corrected chi connectivity index (χ2v) is 5.09. The minimum Gasteiger partial charge on any atom is -0.393 e. The lowest BCUT2D eigenvalue weighted by Gasteiger charge is -2.16. The van der Waals surface area contributed by atoms with Crippen LogP contribution in [0.25, 0.3) is 0 Å². The number of hydrogen-bond donors (Lipinski definition) is 1. The van der Waals surface area contributed by atoms with Gasteiger partial charge in [0.25, 0.3) is 0 Å². The normalized spacial score (nSPS) is 14.6. The van der Waals surface area contributed by atoms with Crippen LogP contribution < -0.4 is 0 Å². The van der Waals surface area contributed by atoms with Crippen molar-refractivity contribution in [3.8, 4) is 0 Å². The van der Waals surface area contributed by atoms with Crippen LogP contribution in [-0.4, -0.2) is 11.2 Å². The minimum absolute atomic E-state index is 0.291. The molecule has 2 atom stereocenters. The van der Waals surface area contributed by atoms with Gasteiger partial charge in [-0.3, -0.25) is 0 Å². The van der Waals surface area contributed by atoms with Crippen molar-refractivity contribution in [1.82, 2.24) is 0 Å². The molecule has 0 heterocycles. The van der Waals surface area contributed by atoms with Gasteiger partial charge in [0.1, 0.15) is 5.82 Å². The van der Waals surface area contributed by atoms with E-state index in [2.05, 4.69) is 13.8 Å². The fraction of sp³-hybridized carbons (Fsp3) is 0.571. The van der Waals surface area contributed by atoms with Gasteiger partial charge in [-0.15, -0.1) is 0 Å². The molecule has 0 aliphatic carbocycles. The average Bonchev–Trinajstić information content (AvgIpc) is 2.24. The van der Waals surface area contributed by atoms with E-state index >= 15 is 0 Å². The van der Waals surface area contributed by atoms with E-state index in [-0.39, 0.29) is 5.82 Å². The largest absolute Gasteiger partial charge is 0.393 e. The second kappa shape index (κ2) is 6.97. The van der Waals surface area contributed by atoms with Gasteiger partial charge in [-0.25, -0.2) is 4.39 Å². The van der Waals surface area contributed by atoms with E-state index in [1.807, 2.05) is 0 Å². The van der Waals surface area contributed by atoms with Crippen molar-refractivity contribution in [3.63, 3.8) is 0 Å². The van der Waals surface area contributed by atoms with E-state index in [4.69, 9.17) is 11.6 Å². The Kier molecular flexibility index (Phi) is 5.93. The highest BCUT2D eigenvalue weighted by Gasteiger charge is 2.15. The first-order chi connectivity index (χ1) is 8.04. The van der Waals surface area contributed by atoms with Crippen LogP contribution in [0.5, 0.6) is 0 Å². The first-order valence-electron chi connectivity index (χ1n) is 6.15. The Labute approximate surface area is 108 Å². The number of halogens is 2. The summed E-state index contributed by atoms with van der Waals surface area (Å²) in [6, 6.07) is 4.61. The van der Waals surface area contributed by atoms with Crippen molar-refractivity contribution < 1.29 is 9.50 Å². The summed E-state index contributed by atoms with van der Waals surface area (Å²) in [5.74, 6) is 0.125. The molecule has 0 amide bonds. The van der Waals surface area contributed by atoms with E-state index in [9.17, 15) is 9.50 Å². The van der Waals surface area contributed by atoms with Gasteiger partial charge in [0.2, 0.25) is 0 Å². The molecule has 1 aromatic rings. The van der Waals surface area contributed by atoms with E-state index in [0.717, 1.165) is 12.8 Å². The molecular weight excluding hydrogens is 239 g/mol. The van der Waals surface area contributed by atoms with E-state index < -0.39 is 6.10 Å². The Morgan fingerprint density at radius 2 is 2.12 bits per heavy atom. The highest BCUT2D eigenvalue weighted by Crippen LogP contribution is 2.23. The molecule has 0 aromatic heterocycles. The molecule has 17 heavy (non-hydrogen) atoms. The van der Waals surface area contributed by atoms with Crippen LogP contribution in [0.1, 0.15) is 38.7 Å². The number of hydrogen-bond acceptors (Lipinski definition) is 1. The molecule has 2 unspecified atom stereocenters. The molecule has 0 saturated carbocycles. The first kappa shape index (κ1) is 14.5. The fourth-order valence-corrected chi connectivity index (χ4v) is 2.36. The van der Waals surface area contributed by atoms with Crippen LogP contribution in [0.15, 0.2) is 18.2 Å². The van der Waals surface area contributed by atoms with Crippen LogP contribution in [0.3, 0.4) is 0 Å². The van der Waals surface area contributed by atoms with Gasteiger partial charge in [-0.1, -0.05) is 44.4 Å². The molecule has 0 saturated heterocycles. The van der Waals surface area contributed by atoms with Crippen LogP contribution in [0.4, 0.5) is 4.39 Å². The predicted molar refractivity (Wildman–Crippen MR) is 69.8 cm³/mol. The third-order valence-corrected chi connectivity index (χ3v) is 3.31. The number of aliphatic hydroxyl groups excluding tert-OH is 1. The Bertz CT molecular complexity index is 334. The van der Waals surface area contributed by atoms with Crippen LogP contribution in [0, 0.1) is 11.7 Å². The summed E-state index contributed by atoms with van der Waals surface area (Å²) < 4.78 is 13.5. The summed E-state index contributed by atoms with van der Waals surface area (Å²) in [5, 5.41) is 10.3. The highest BCUT2D eigenvalue weighted by molar-refractivity contribution is 6.31. The highest BCUT2D eigenvalue weighted by atomic mass is 35.5. The predicted octanol–water partition coefficient (Wildman–Crippen LogP) is 4.21. The van der Waals surface area contributed by atoms with Crippen LogP contribution in [-0.2, 0) is 6.42 Å². The first-order valence-corrected chi connectivity index (χ1v) is 6.53. The average molecular weight is 259 g/mol. The molecule has 3 heteroatoms. The minimum atomic E-state index is -0.522. The molecule has 1 rings (SSSR count). The lowest BCUT2D eigenvalue weighted by molar-refractivity contribution is 0.142. The third kappa shape index (κ3) is 4.64. The van der Waals surface area contributed by atoms with Gasteiger partial charge in [0.05, 0.1) is 6.10 Å². The Hall–Kier alpha value is -0.600. The van der Waals surface area contributed by atoms with E-state index in [1.165, 1.54) is 6.07 Å². The zero-order valence-corrected chi connectivity index (χ0v) is 11.2. The fourth-order valence-electron chi connectivity index (χ4n) is 2.12. The van der Waals surface area contributed by atoms with Gasteiger partial charge in [-0.05, 0) is 24.5 Å². The maximum Gasteiger partial charge on any atom is 0.127 e. The zero-order valence-electron chi connectivity index (χ0n) is 10.4. The summed E-state index contributed by atoms with van der Waals surface area (Å²) in [5.41, 5.74) is 0.422. The third-order valence-electron chi connectivity index (χ3n) is 2.96. The maximum atomic E-state index is 13.5. The molecule has 0 bridgehead atoms. The van der Waals surface area contributed by atoms with Crippen LogP contribution in [0.2, 0.25) is 5.02 Å². The van der Waals surface area contributed by atoms with Crippen molar-refractivity contribution in [2.45, 2.75) is 45.6 Å². The van der Waals surface area contributed by atoms with Crippen molar-refractivity contribution in [2.75, 3.05) is 0 Å². The molecule has 0 radical (unpaired) electrons. The van der Waals surface area contributed by atoms with Gasteiger partial charge in [0, 0.05) is 17.0 Å². The molecule has 1 N–H and O–H groups in total. The summed E-state index contributed by atoms with van der Waals surface area (Å²) in [7, 11) is 0. The lowest BCUT2D eigenvalue weighted by Crippen LogP contribution is -2.15. The van der Waals surface area contributed by atoms with E-state index in [1.54, 1.807) is 12.1 Å². The zero-order chi connectivity index (χ0) is 12.8. The quantitative estimate of drug-likeness (QED) is 0.810. The summed E-state index contributed by atoms with van der Waals surface area (Å²) >= 11 is 5.92. The molecular formula is C14H20ClFO. The van der Waals surface area contributed by atoms with Crippen LogP contribution >= 0.6 is 11.6 Å². The van der Waals surface area contributed by atoms with Crippen molar-refractivity contribution in [3.05, 3.63) is 34.6 Å². The SMILES string of the molecule is CCCC(C)CC(O)Cc1c(F)cccc1Cl. The molecule has 0 aliphatic rings. The smallest absolute Gasteiger partial charge is 0.127 e. The Morgan fingerprint density at radius 1 is 1.41 bits per heavy atom. The maximum absolute atomic E-state index is 13.5. The summed E-state index contributed by atoms with van der Waals surface area (Å²) in [6.07, 6.45) is 2.65. The molecule has 0 aliphatic heterocycles. The number of rotatable bonds is 6. The topological polar surface area (TPSA) is 20.2 Å². The summed E-state index contributed by atoms with van der Waals surface area (Å²) in [4.78, 5) is 0. The van der Waals surface area contributed by atoms with Crippen molar-refractivity contribution in [2.24, 2.45) is 5.92 Å². The van der Waals surface area contributed by atoms with Gasteiger partial charge >= 0.3 is 0 Å². The Balaban J connectivity index is 2.59. The molecule has 1 aromatic carbocycles. The lowest BCUT2D eigenvalue weighted by atomic mass is 9.95. The number of benzene rings is 1. The molecule has 0 fully saturated rings. The second-order valence-electron chi connectivity index (χ2n) is 4.69. The molecule has 1 nitrogen and oxygen atoms in total. The summed E-state index contributed by atoms with van der Waals surface area (Å²) in [6.45, 7) is 4.23. The molecule has 0 spiro atoms. The van der Waals surface area contributed by atoms with Gasteiger partial charge < -0.3 is 5.11 Å². The van der Waals surface area contributed by atoms with E-state index in [0.29, 0.717) is 29.3 Å². The monoisotopic (exact) mass is 258 g/mol. The van der Waals surface area contributed by atoms with Crippen molar-refractivity contribution >= 4 is 11.6 Å². The number of aliphatic hydroxyl groups is 1. The Morgan fingerprint density at radius 3 is 2.71 bits per heavy atom. The van der Waals surface area contributed by atoms with Crippen molar-refractivity contribution in [1.29, 1.82) is 0 Å². The van der Waals surface area contributed by atoms with Gasteiger partial charge in [-0.2, -0.15) is 0 Å². The molecule has 96 valence electrons. The standard InChI is InChI=1S/C14H20ClFO/c1-3-5-10(2)8-11(17)9-12-13(15)6-4-7-14(12)16/h4,6-7,10-11,17H,3,5,8-9H2,1-2H3.